The highest BCUT2D eigenvalue weighted by atomic mass is 19.1. The Morgan fingerprint density at radius 2 is 2.14 bits per heavy atom. The smallest absolute Gasteiger partial charge is 0.315 e. The summed E-state index contributed by atoms with van der Waals surface area (Å²) in [5.41, 5.74) is 0.444. The minimum Gasteiger partial charge on any atom is -0.336 e. The van der Waals surface area contributed by atoms with Crippen molar-refractivity contribution in [3.63, 3.8) is 0 Å². The van der Waals surface area contributed by atoms with Crippen LogP contribution in [0, 0.1) is 5.82 Å². The molecule has 0 bridgehead atoms. The van der Waals surface area contributed by atoms with Gasteiger partial charge in [-0.15, -0.1) is 0 Å². The summed E-state index contributed by atoms with van der Waals surface area (Å²) in [7, 11) is 0. The van der Waals surface area contributed by atoms with Gasteiger partial charge in [0, 0.05) is 25.0 Å². The molecule has 5 nitrogen and oxygen atoms in total. The molecule has 1 atom stereocenters. The van der Waals surface area contributed by atoms with E-state index in [1.54, 1.807) is 17.0 Å². The molecule has 0 saturated carbocycles. The van der Waals surface area contributed by atoms with Crippen LogP contribution in [0.3, 0.4) is 0 Å². The number of amides is 3. The maximum Gasteiger partial charge on any atom is 0.315 e. The Kier molecular flexibility index (Phi) is 4.68. The van der Waals surface area contributed by atoms with E-state index >= 15 is 0 Å². The van der Waals surface area contributed by atoms with Gasteiger partial charge in [0.1, 0.15) is 5.82 Å². The van der Waals surface area contributed by atoms with E-state index in [4.69, 9.17) is 0 Å². The maximum atomic E-state index is 13.0. The molecule has 1 saturated heterocycles. The summed E-state index contributed by atoms with van der Waals surface area (Å²) in [6, 6.07) is 5.53. The number of carbonyl (C=O) groups excluding carboxylic acids is 2. The third-order valence-corrected chi connectivity index (χ3v) is 3.61. The van der Waals surface area contributed by atoms with Gasteiger partial charge in [-0.3, -0.25) is 4.79 Å². The summed E-state index contributed by atoms with van der Waals surface area (Å²) in [5, 5.41) is 5.46. The monoisotopic (exact) mass is 307 g/mol. The number of rotatable bonds is 3. The van der Waals surface area contributed by atoms with E-state index in [0.29, 0.717) is 18.5 Å². The van der Waals surface area contributed by atoms with E-state index in [0.717, 1.165) is 0 Å². The van der Waals surface area contributed by atoms with Crippen molar-refractivity contribution in [2.45, 2.75) is 45.3 Å². The van der Waals surface area contributed by atoms with Crippen LogP contribution in [-0.2, 0) is 11.3 Å². The Morgan fingerprint density at radius 1 is 1.41 bits per heavy atom. The highest BCUT2D eigenvalue weighted by Gasteiger charge is 2.36. The van der Waals surface area contributed by atoms with Crippen molar-refractivity contribution < 1.29 is 14.0 Å². The lowest BCUT2D eigenvalue weighted by molar-refractivity contribution is -0.131. The van der Waals surface area contributed by atoms with E-state index in [9.17, 15) is 14.0 Å². The van der Waals surface area contributed by atoms with Crippen molar-refractivity contribution in [1.82, 2.24) is 15.5 Å². The first-order valence-corrected chi connectivity index (χ1v) is 7.35. The summed E-state index contributed by atoms with van der Waals surface area (Å²) in [6.45, 7) is 6.66. The molecular formula is C16H22FN3O2. The predicted molar refractivity (Wildman–Crippen MR) is 81.6 cm³/mol. The van der Waals surface area contributed by atoms with Crippen molar-refractivity contribution in [1.29, 1.82) is 0 Å². The van der Waals surface area contributed by atoms with Crippen LogP contribution in [-0.4, -0.2) is 35.0 Å². The first kappa shape index (κ1) is 16.3. The molecule has 1 heterocycles. The van der Waals surface area contributed by atoms with Crippen LogP contribution in [0.25, 0.3) is 0 Å². The summed E-state index contributed by atoms with van der Waals surface area (Å²) in [4.78, 5) is 25.6. The molecule has 1 fully saturated rings. The summed E-state index contributed by atoms with van der Waals surface area (Å²) in [5.74, 6) is -0.287. The number of halogens is 1. The minimum absolute atomic E-state index is 0.0444. The van der Waals surface area contributed by atoms with Gasteiger partial charge in [0.05, 0.1) is 6.04 Å². The Morgan fingerprint density at radius 3 is 2.73 bits per heavy atom. The van der Waals surface area contributed by atoms with Crippen LogP contribution in [0.15, 0.2) is 24.3 Å². The van der Waals surface area contributed by atoms with Gasteiger partial charge in [-0.25, -0.2) is 9.18 Å². The zero-order valence-corrected chi connectivity index (χ0v) is 13.1. The number of urea groups is 1. The number of nitrogens with zero attached hydrogens (tertiary/aromatic N) is 1. The fourth-order valence-electron chi connectivity index (χ4n) is 2.52. The van der Waals surface area contributed by atoms with Crippen LogP contribution in [0.4, 0.5) is 9.18 Å². The number of likely N-dealkylation sites (tertiary alicyclic amines) is 1. The Bertz CT molecular complexity index is 569. The van der Waals surface area contributed by atoms with Crippen molar-refractivity contribution in [3.05, 3.63) is 35.6 Å². The molecule has 3 amide bonds. The fraction of sp³-hybridized carbons (Fsp3) is 0.500. The van der Waals surface area contributed by atoms with E-state index in [-0.39, 0.29) is 35.9 Å². The fourth-order valence-corrected chi connectivity index (χ4v) is 2.52. The SMILES string of the molecule is CC(C)(C)N1CC(NC(=O)NCc2cccc(F)c2)CC1=O. The van der Waals surface area contributed by atoms with Crippen molar-refractivity contribution in [2.75, 3.05) is 6.54 Å². The number of nitrogens with one attached hydrogen (secondary N) is 2. The molecule has 22 heavy (non-hydrogen) atoms. The van der Waals surface area contributed by atoms with Gasteiger partial charge in [-0.05, 0) is 38.5 Å². The van der Waals surface area contributed by atoms with Gasteiger partial charge in [0.25, 0.3) is 0 Å². The van der Waals surface area contributed by atoms with Gasteiger partial charge < -0.3 is 15.5 Å². The Labute approximate surface area is 129 Å². The van der Waals surface area contributed by atoms with Gasteiger partial charge in [0.15, 0.2) is 0 Å². The zero-order valence-electron chi connectivity index (χ0n) is 13.1. The second kappa shape index (κ2) is 6.34. The number of hydrogen-bond donors (Lipinski definition) is 2. The van der Waals surface area contributed by atoms with Crippen LogP contribution in [0.2, 0.25) is 0 Å². The van der Waals surface area contributed by atoms with Crippen molar-refractivity contribution in [2.24, 2.45) is 0 Å². The van der Waals surface area contributed by atoms with E-state index in [1.165, 1.54) is 12.1 Å². The van der Waals surface area contributed by atoms with Gasteiger partial charge >= 0.3 is 6.03 Å². The molecule has 2 N–H and O–H groups in total. The molecular weight excluding hydrogens is 285 g/mol. The standard InChI is InChI=1S/C16H22FN3O2/c1-16(2,3)20-10-13(8-14(20)21)19-15(22)18-9-11-5-4-6-12(17)7-11/h4-7,13H,8-10H2,1-3H3,(H2,18,19,22). The molecule has 0 aromatic heterocycles. The molecule has 1 aromatic carbocycles. The Balaban J connectivity index is 1.82. The lowest BCUT2D eigenvalue weighted by Gasteiger charge is -2.32. The highest BCUT2D eigenvalue weighted by molar-refractivity contribution is 5.82. The molecule has 2 rings (SSSR count). The van der Waals surface area contributed by atoms with Crippen LogP contribution in [0.5, 0.6) is 0 Å². The average molecular weight is 307 g/mol. The van der Waals surface area contributed by atoms with E-state index < -0.39 is 0 Å². The minimum atomic E-state index is -0.349. The van der Waals surface area contributed by atoms with Gasteiger partial charge in [0.2, 0.25) is 5.91 Å². The third kappa shape index (κ3) is 4.19. The number of benzene rings is 1. The topological polar surface area (TPSA) is 61.4 Å². The maximum absolute atomic E-state index is 13.0. The van der Waals surface area contributed by atoms with Gasteiger partial charge in [-0.1, -0.05) is 12.1 Å². The van der Waals surface area contributed by atoms with Crippen LogP contribution in [0.1, 0.15) is 32.8 Å². The quantitative estimate of drug-likeness (QED) is 0.897. The molecule has 1 aromatic rings. The average Bonchev–Trinajstić information content (AvgIpc) is 2.77. The zero-order chi connectivity index (χ0) is 16.3. The summed E-state index contributed by atoms with van der Waals surface area (Å²) in [6.07, 6.45) is 0.310. The lowest BCUT2D eigenvalue weighted by atomic mass is 10.1. The first-order valence-electron chi connectivity index (χ1n) is 7.35. The molecule has 1 unspecified atom stereocenters. The molecule has 0 radical (unpaired) electrons. The van der Waals surface area contributed by atoms with E-state index in [2.05, 4.69) is 10.6 Å². The second-order valence-corrected chi connectivity index (χ2v) is 6.53. The number of hydrogen-bond acceptors (Lipinski definition) is 2. The lowest BCUT2D eigenvalue weighted by Crippen LogP contribution is -2.46. The normalized spacial score (nSPS) is 18.5. The van der Waals surface area contributed by atoms with Crippen LogP contribution >= 0.6 is 0 Å². The van der Waals surface area contributed by atoms with Crippen molar-refractivity contribution in [3.8, 4) is 0 Å². The predicted octanol–water partition coefficient (Wildman–Crippen LogP) is 2.02. The number of carbonyl (C=O) groups is 2. The first-order chi connectivity index (χ1) is 10.3. The van der Waals surface area contributed by atoms with E-state index in [1.807, 2.05) is 20.8 Å². The molecule has 0 spiro atoms. The summed E-state index contributed by atoms with van der Waals surface area (Å²) < 4.78 is 13.0. The van der Waals surface area contributed by atoms with Crippen LogP contribution < -0.4 is 10.6 Å². The third-order valence-electron chi connectivity index (χ3n) is 3.61. The highest BCUT2D eigenvalue weighted by Crippen LogP contribution is 2.21. The molecule has 1 aliphatic rings. The largest absolute Gasteiger partial charge is 0.336 e. The molecule has 0 aliphatic carbocycles. The molecule has 1 aliphatic heterocycles. The van der Waals surface area contributed by atoms with Gasteiger partial charge in [-0.2, -0.15) is 0 Å². The molecule has 6 heteroatoms. The second-order valence-electron chi connectivity index (χ2n) is 6.53. The molecule has 120 valence electrons. The van der Waals surface area contributed by atoms with Crippen molar-refractivity contribution >= 4 is 11.9 Å². The summed E-state index contributed by atoms with van der Waals surface area (Å²) >= 11 is 0. The Hall–Kier alpha value is -2.11.